The first-order valence-electron chi connectivity index (χ1n) is 6.13. The van der Waals surface area contributed by atoms with Crippen LogP contribution >= 0.6 is 0 Å². The molecule has 1 N–H and O–H groups in total. The van der Waals surface area contributed by atoms with E-state index in [9.17, 15) is 13.2 Å². The summed E-state index contributed by atoms with van der Waals surface area (Å²) >= 11 is 0. The zero-order valence-electron chi connectivity index (χ0n) is 11.9. The van der Waals surface area contributed by atoms with Crippen molar-refractivity contribution in [1.82, 2.24) is 4.31 Å². The van der Waals surface area contributed by atoms with Crippen molar-refractivity contribution in [3.05, 3.63) is 29.8 Å². The first kappa shape index (κ1) is 16.5. The van der Waals surface area contributed by atoms with Crippen molar-refractivity contribution in [2.24, 2.45) is 0 Å². The molecule has 0 atom stereocenters. The topological polar surface area (TPSA) is 77.9 Å². The molecule has 0 spiro atoms. The van der Waals surface area contributed by atoms with Gasteiger partial charge in [-0.25, -0.2) is 8.42 Å². The Labute approximate surface area is 119 Å². The van der Waals surface area contributed by atoms with Gasteiger partial charge in [0.2, 0.25) is 10.0 Å². The predicted molar refractivity (Wildman–Crippen MR) is 78.3 cm³/mol. The first-order chi connectivity index (χ1) is 9.20. The molecule has 0 saturated heterocycles. The van der Waals surface area contributed by atoms with Crippen LogP contribution in [0, 0.1) is 0 Å². The number of aliphatic carboxylic acids is 1. The summed E-state index contributed by atoms with van der Waals surface area (Å²) in [6.45, 7) is 0.156. The van der Waals surface area contributed by atoms with Gasteiger partial charge in [0, 0.05) is 32.9 Å². The molecule has 0 aliphatic rings. The number of hydrogen-bond donors (Lipinski definition) is 1. The van der Waals surface area contributed by atoms with E-state index < -0.39 is 16.0 Å². The Morgan fingerprint density at radius 1 is 1.20 bits per heavy atom. The molecule has 1 aromatic carbocycles. The summed E-state index contributed by atoms with van der Waals surface area (Å²) < 4.78 is 24.5. The molecule has 0 aliphatic carbocycles. The monoisotopic (exact) mass is 300 g/mol. The van der Waals surface area contributed by atoms with E-state index in [0.29, 0.717) is 0 Å². The van der Waals surface area contributed by atoms with Gasteiger partial charge in [0.1, 0.15) is 0 Å². The Morgan fingerprint density at radius 2 is 1.75 bits per heavy atom. The van der Waals surface area contributed by atoms with Crippen molar-refractivity contribution in [3.8, 4) is 0 Å². The van der Waals surface area contributed by atoms with E-state index in [4.69, 9.17) is 5.11 Å². The third kappa shape index (κ3) is 5.18. The third-order valence-corrected chi connectivity index (χ3v) is 4.11. The molecule has 0 saturated carbocycles. The molecule has 0 radical (unpaired) electrons. The van der Waals surface area contributed by atoms with Gasteiger partial charge in [0.05, 0.1) is 12.7 Å². The van der Waals surface area contributed by atoms with E-state index in [1.54, 1.807) is 0 Å². The van der Waals surface area contributed by atoms with Gasteiger partial charge in [0.25, 0.3) is 0 Å². The summed E-state index contributed by atoms with van der Waals surface area (Å²) in [4.78, 5) is 12.5. The summed E-state index contributed by atoms with van der Waals surface area (Å²) in [5, 5.41) is 8.66. The standard InChI is InChI=1S/C13H20N2O4S/c1-14(2)12-6-4-11(5-7-12)10-15(20(3,18)19)9-8-13(16)17/h4-7H,8-10H2,1-3H3,(H,16,17). The van der Waals surface area contributed by atoms with Gasteiger partial charge in [-0.2, -0.15) is 4.31 Å². The smallest absolute Gasteiger partial charge is 0.304 e. The Kier molecular flexibility index (Phi) is 5.52. The highest BCUT2D eigenvalue weighted by molar-refractivity contribution is 7.88. The predicted octanol–water partition coefficient (Wildman–Crippen LogP) is 0.989. The number of anilines is 1. The molecule has 0 unspecified atom stereocenters. The number of nitrogens with zero attached hydrogens (tertiary/aromatic N) is 2. The van der Waals surface area contributed by atoms with Crippen LogP contribution in [0.5, 0.6) is 0 Å². The Bertz CT molecular complexity index is 552. The average Bonchev–Trinajstić information content (AvgIpc) is 2.33. The van der Waals surface area contributed by atoms with Gasteiger partial charge in [-0.1, -0.05) is 12.1 Å². The van der Waals surface area contributed by atoms with E-state index in [-0.39, 0.29) is 19.5 Å². The Morgan fingerprint density at radius 3 is 2.15 bits per heavy atom. The lowest BCUT2D eigenvalue weighted by atomic mass is 10.2. The average molecular weight is 300 g/mol. The lowest BCUT2D eigenvalue weighted by Crippen LogP contribution is -2.31. The van der Waals surface area contributed by atoms with Crippen molar-refractivity contribution < 1.29 is 18.3 Å². The van der Waals surface area contributed by atoms with E-state index in [1.807, 2.05) is 43.3 Å². The maximum absolute atomic E-state index is 11.6. The van der Waals surface area contributed by atoms with Crippen LogP contribution in [0.4, 0.5) is 5.69 Å². The summed E-state index contributed by atoms with van der Waals surface area (Å²) in [5.74, 6) is -1.01. The van der Waals surface area contributed by atoms with Gasteiger partial charge < -0.3 is 10.0 Å². The second-order valence-corrected chi connectivity index (χ2v) is 6.78. The van der Waals surface area contributed by atoms with E-state index in [1.165, 1.54) is 4.31 Å². The minimum absolute atomic E-state index is 0.0242. The number of carbonyl (C=O) groups is 1. The quantitative estimate of drug-likeness (QED) is 0.812. The van der Waals surface area contributed by atoms with Gasteiger partial charge >= 0.3 is 5.97 Å². The van der Waals surface area contributed by atoms with Gasteiger partial charge in [-0.3, -0.25) is 4.79 Å². The number of sulfonamides is 1. The number of benzene rings is 1. The van der Waals surface area contributed by atoms with Crippen LogP contribution in [-0.2, 0) is 21.4 Å². The van der Waals surface area contributed by atoms with Gasteiger partial charge in [0.15, 0.2) is 0 Å². The normalized spacial score (nSPS) is 11.6. The summed E-state index contributed by atoms with van der Waals surface area (Å²) in [5.41, 5.74) is 1.84. The molecule has 6 nitrogen and oxygen atoms in total. The van der Waals surface area contributed by atoms with Crippen LogP contribution in [0.15, 0.2) is 24.3 Å². The lowest BCUT2D eigenvalue weighted by molar-refractivity contribution is -0.137. The highest BCUT2D eigenvalue weighted by Gasteiger charge is 2.18. The summed E-state index contributed by atoms with van der Waals surface area (Å²) in [7, 11) is 0.417. The number of carboxylic acids is 1. The SMILES string of the molecule is CN(C)c1ccc(CN(CCC(=O)O)S(C)(=O)=O)cc1. The van der Waals surface area contributed by atoms with Crippen molar-refractivity contribution in [2.75, 3.05) is 31.8 Å². The molecular formula is C13H20N2O4S. The number of hydrogen-bond acceptors (Lipinski definition) is 4. The van der Waals surface area contributed by atoms with Gasteiger partial charge in [-0.15, -0.1) is 0 Å². The maximum atomic E-state index is 11.6. The van der Waals surface area contributed by atoms with Crippen LogP contribution in [0.3, 0.4) is 0 Å². The molecule has 0 fully saturated rings. The van der Waals surface area contributed by atoms with Crippen molar-refractivity contribution in [3.63, 3.8) is 0 Å². The minimum Gasteiger partial charge on any atom is -0.481 e. The number of carboxylic acid groups (broad SMARTS) is 1. The highest BCUT2D eigenvalue weighted by Crippen LogP contribution is 2.15. The Balaban J connectivity index is 2.81. The second kappa shape index (κ2) is 6.71. The second-order valence-electron chi connectivity index (χ2n) is 4.80. The molecule has 112 valence electrons. The Hall–Kier alpha value is -1.60. The molecule has 1 aromatic rings. The third-order valence-electron chi connectivity index (χ3n) is 2.86. The zero-order valence-corrected chi connectivity index (χ0v) is 12.7. The lowest BCUT2D eigenvalue weighted by Gasteiger charge is -2.20. The summed E-state index contributed by atoms with van der Waals surface area (Å²) in [6, 6.07) is 7.47. The zero-order chi connectivity index (χ0) is 15.3. The maximum Gasteiger partial charge on any atom is 0.304 e. The van der Waals surface area contributed by atoms with E-state index in [0.717, 1.165) is 17.5 Å². The summed E-state index contributed by atoms with van der Waals surface area (Å²) in [6.07, 6.45) is 0.881. The number of rotatable bonds is 7. The van der Waals surface area contributed by atoms with E-state index in [2.05, 4.69) is 0 Å². The van der Waals surface area contributed by atoms with Crippen LogP contribution in [-0.4, -0.2) is 50.7 Å². The molecule has 1 rings (SSSR count). The van der Waals surface area contributed by atoms with Crippen LogP contribution in [0.2, 0.25) is 0 Å². The van der Waals surface area contributed by atoms with Crippen molar-refractivity contribution in [2.45, 2.75) is 13.0 Å². The highest BCUT2D eigenvalue weighted by atomic mass is 32.2. The first-order valence-corrected chi connectivity index (χ1v) is 7.98. The van der Waals surface area contributed by atoms with Crippen LogP contribution < -0.4 is 4.90 Å². The van der Waals surface area contributed by atoms with Crippen molar-refractivity contribution in [1.29, 1.82) is 0 Å². The molecule has 7 heteroatoms. The largest absolute Gasteiger partial charge is 0.481 e. The van der Waals surface area contributed by atoms with Crippen molar-refractivity contribution >= 4 is 21.7 Å². The molecule has 0 heterocycles. The molecule has 0 aliphatic heterocycles. The van der Waals surface area contributed by atoms with Crippen LogP contribution in [0.1, 0.15) is 12.0 Å². The molecule has 0 amide bonds. The molecule has 0 aromatic heterocycles. The van der Waals surface area contributed by atoms with Gasteiger partial charge in [-0.05, 0) is 17.7 Å². The molecule has 0 bridgehead atoms. The van der Waals surface area contributed by atoms with Crippen LogP contribution in [0.25, 0.3) is 0 Å². The molecular weight excluding hydrogens is 280 g/mol. The van der Waals surface area contributed by atoms with E-state index >= 15 is 0 Å². The fourth-order valence-electron chi connectivity index (χ4n) is 1.69. The minimum atomic E-state index is -3.43. The molecule has 20 heavy (non-hydrogen) atoms. The fourth-order valence-corrected chi connectivity index (χ4v) is 2.49. The fraction of sp³-hybridized carbons (Fsp3) is 0.462.